The van der Waals surface area contributed by atoms with Gasteiger partial charge >= 0.3 is 0 Å². The van der Waals surface area contributed by atoms with Crippen molar-refractivity contribution in [3.63, 3.8) is 0 Å². The molecule has 0 aliphatic rings. The molecule has 1 aromatic rings. The summed E-state index contributed by atoms with van der Waals surface area (Å²) in [4.78, 5) is 18.1. The normalized spacial score (nSPS) is 10.8. The Labute approximate surface area is 128 Å². The lowest BCUT2D eigenvalue weighted by molar-refractivity contribution is -0.119. The molecule has 0 saturated carbocycles. The first-order chi connectivity index (χ1) is 9.97. The molecule has 118 valence electrons. The van der Waals surface area contributed by atoms with Gasteiger partial charge in [0.1, 0.15) is 5.82 Å². The molecular formula is C16H28N4O. The molecule has 1 aromatic heterocycles. The molecule has 0 saturated heterocycles. The molecule has 2 N–H and O–H groups in total. The van der Waals surface area contributed by atoms with Gasteiger partial charge in [-0.15, -0.1) is 0 Å². The average Bonchev–Trinajstić information content (AvgIpc) is 2.44. The molecule has 0 atom stereocenters. The highest BCUT2D eigenvalue weighted by molar-refractivity contribution is 5.80. The Morgan fingerprint density at radius 1 is 1.43 bits per heavy atom. The lowest BCUT2D eigenvalue weighted by Gasteiger charge is -2.23. The number of nitrogens with one attached hydrogen (secondary N) is 2. The molecule has 1 heterocycles. The summed E-state index contributed by atoms with van der Waals surface area (Å²) in [5, 5.41) is 6.07. The topological polar surface area (TPSA) is 57.3 Å². The summed E-state index contributed by atoms with van der Waals surface area (Å²) in [7, 11) is 1.65. The van der Waals surface area contributed by atoms with Gasteiger partial charge in [0.15, 0.2) is 0 Å². The van der Waals surface area contributed by atoms with Gasteiger partial charge in [-0.3, -0.25) is 4.79 Å². The van der Waals surface area contributed by atoms with Gasteiger partial charge < -0.3 is 15.5 Å². The minimum Gasteiger partial charge on any atom is -0.358 e. The Bertz CT molecular complexity index is 460. The second-order valence-electron chi connectivity index (χ2n) is 5.70. The van der Waals surface area contributed by atoms with Crippen molar-refractivity contribution >= 4 is 11.7 Å². The summed E-state index contributed by atoms with van der Waals surface area (Å²) >= 11 is 0. The van der Waals surface area contributed by atoms with Crippen LogP contribution < -0.4 is 15.5 Å². The van der Waals surface area contributed by atoms with Crippen molar-refractivity contribution in [1.29, 1.82) is 0 Å². The van der Waals surface area contributed by atoms with Crippen LogP contribution in [0.25, 0.3) is 0 Å². The molecule has 0 aromatic carbocycles. The first kappa shape index (κ1) is 17.4. The quantitative estimate of drug-likeness (QED) is 0.766. The maximum Gasteiger partial charge on any atom is 0.239 e. The molecule has 0 unspecified atom stereocenters. The summed E-state index contributed by atoms with van der Waals surface area (Å²) in [6.45, 7) is 11.4. The van der Waals surface area contributed by atoms with Crippen molar-refractivity contribution in [1.82, 2.24) is 15.6 Å². The first-order valence-electron chi connectivity index (χ1n) is 7.59. The summed E-state index contributed by atoms with van der Waals surface area (Å²) in [5.74, 6) is 1.52. The standard InChI is InChI=1S/C16H28N4O/c1-6-20(11-15(21)17-5)16-13(4)7-14(10-19-16)9-18-8-12(2)3/h7,10,12,18H,6,8-9,11H2,1-5H3,(H,17,21). The fourth-order valence-corrected chi connectivity index (χ4v) is 2.15. The number of hydrogen-bond donors (Lipinski definition) is 2. The van der Waals surface area contributed by atoms with E-state index in [9.17, 15) is 4.79 Å². The molecule has 21 heavy (non-hydrogen) atoms. The number of pyridine rings is 1. The van der Waals surface area contributed by atoms with Crippen LogP contribution in [0.3, 0.4) is 0 Å². The van der Waals surface area contributed by atoms with Crippen LogP contribution >= 0.6 is 0 Å². The van der Waals surface area contributed by atoms with Crippen molar-refractivity contribution in [2.45, 2.75) is 34.2 Å². The lowest BCUT2D eigenvalue weighted by Crippen LogP contribution is -2.36. The van der Waals surface area contributed by atoms with Crippen molar-refractivity contribution in [2.75, 3.05) is 31.6 Å². The fraction of sp³-hybridized carbons (Fsp3) is 0.625. The zero-order chi connectivity index (χ0) is 15.8. The smallest absolute Gasteiger partial charge is 0.239 e. The first-order valence-corrected chi connectivity index (χ1v) is 7.59. The van der Waals surface area contributed by atoms with Gasteiger partial charge in [0, 0.05) is 26.3 Å². The summed E-state index contributed by atoms with van der Waals surface area (Å²) in [6.07, 6.45) is 1.89. The van der Waals surface area contributed by atoms with Gasteiger partial charge in [-0.2, -0.15) is 0 Å². The molecule has 0 bridgehead atoms. The Kier molecular flexibility index (Phi) is 7.15. The molecule has 0 fully saturated rings. The predicted molar refractivity (Wildman–Crippen MR) is 87.5 cm³/mol. The highest BCUT2D eigenvalue weighted by Crippen LogP contribution is 2.17. The fourth-order valence-electron chi connectivity index (χ4n) is 2.15. The predicted octanol–water partition coefficient (Wildman–Crippen LogP) is 1.71. The highest BCUT2D eigenvalue weighted by atomic mass is 16.1. The Morgan fingerprint density at radius 2 is 2.14 bits per heavy atom. The van der Waals surface area contributed by atoms with E-state index >= 15 is 0 Å². The van der Waals surface area contributed by atoms with Crippen LogP contribution in [-0.2, 0) is 11.3 Å². The molecule has 5 heteroatoms. The van der Waals surface area contributed by atoms with Crippen LogP contribution in [0.4, 0.5) is 5.82 Å². The number of amides is 1. The van der Waals surface area contributed by atoms with E-state index in [1.165, 1.54) is 5.56 Å². The van der Waals surface area contributed by atoms with Crippen LogP contribution in [0.1, 0.15) is 31.9 Å². The average molecular weight is 292 g/mol. The van der Waals surface area contributed by atoms with Gasteiger partial charge in [0.05, 0.1) is 6.54 Å². The summed E-state index contributed by atoms with van der Waals surface area (Å²) in [6, 6.07) is 2.14. The van der Waals surface area contributed by atoms with E-state index in [1.54, 1.807) is 7.05 Å². The minimum absolute atomic E-state index is 0.000673. The maximum absolute atomic E-state index is 11.5. The van der Waals surface area contributed by atoms with Crippen molar-refractivity contribution < 1.29 is 4.79 Å². The summed E-state index contributed by atoms with van der Waals surface area (Å²) < 4.78 is 0. The van der Waals surface area contributed by atoms with Crippen LogP contribution in [0.15, 0.2) is 12.3 Å². The van der Waals surface area contributed by atoms with Gasteiger partial charge in [-0.25, -0.2) is 4.98 Å². The number of aryl methyl sites for hydroxylation is 1. The van der Waals surface area contributed by atoms with Crippen LogP contribution in [-0.4, -0.2) is 37.6 Å². The number of nitrogens with zero attached hydrogens (tertiary/aromatic N) is 2. The molecule has 0 aliphatic carbocycles. The molecule has 5 nitrogen and oxygen atoms in total. The van der Waals surface area contributed by atoms with E-state index in [4.69, 9.17) is 0 Å². The lowest BCUT2D eigenvalue weighted by atomic mass is 10.1. The zero-order valence-corrected chi connectivity index (χ0v) is 13.9. The third kappa shape index (κ3) is 5.71. The third-order valence-corrected chi connectivity index (χ3v) is 3.28. The number of likely N-dealkylation sites (N-methyl/N-ethyl adjacent to an activating group) is 2. The van der Waals surface area contributed by atoms with Crippen molar-refractivity contribution in [3.05, 3.63) is 23.4 Å². The molecule has 0 aliphatic heterocycles. The number of carbonyl (C=O) groups excluding carboxylic acids is 1. The molecule has 1 rings (SSSR count). The molecule has 1 amide bonds. The Hall–Kier alpha value is -1.62. The van der Waals surface area contributed by atoms with Crippen LogP contribution in [0.2, 0.25) is 0 Å². The monoisotopic (exact) mass is 292 g/mol. The number of rotatable bonds is 8. The van der Waals surface area contributed by atoms with Gasteiger partial charge in [-0.1, -0.05) is 13.8 Å². The molecule has 0 spiro atoms. The maximum atomic E-state index is 11.5. The second kappa shape index (κ2) is 8.62. The number of hydrogen-bond acceptors (Lipinski definition) is 4. The van der Waals surface area contributed by atoms with Gasteiger partial charge in [-0.05, 0) is 43.5 Å². The Morgan fingerprint density at radius 3 is 2.67 bits per heavy atom. The van der Waals surface area contributed by atoms with Crippen LogP contribution in [0.5, 0.6) is 0 Å². The summed E-state index contributed by atoms with van der Waals surface area (Å²) in [5.41, 5.74) is 2.28. The van der Waals surface area contributed by atoms with Crippen molar-refractivity contribution in [2.24, 2.45) is 5.92 Å². The molecular weight excluding hydrogens is 264 g/mol. The number of aromatic nitrogens is 1. The number of anilines is 1. The van der Waals surface area contributed by atoms with E-state index in [1.807, 2.05) is 24.9 Å². The van der Waals surface area contributed by atoms with E-state index in [2.05, 4.69) is 35.5 Å². The van der Waals surface area contributed by atoms with Gasteiger partial charge in [0.25, 0.3) is 0 Å². The van der Waals surface area contributed by atoms with Crippen LogP contribution in [0, 0.1) is 12.8 Å². The van der Waals surface area contributed by atoms with E-state index < -0.39 is 0 Å². The number of carbonyl (C=O) groups is 1. The minimum atomic E-state index is 0.000673. The largest absolute Gasteiger partial charge is 0.358 e. The highest BCUT2D eigenvalue weighted by Gasteiger charge is 2.12. The van der Waals surface area contributed by atoms with E-state index in [0.717, 1.165) is 31.0 Å². The van der Waals surface area contributed by atoms with E-state index in [-0.39, 0.29) is 5.91 Å². The SMILES string of the molecule is CCN(CC(=O)NC)c1ncc(CNCC(C)C)cc1C. The van der Waals surface area contributed by atoms with E-state index in [0.29, 0.717) is 12.5 Å². The Balaban J connectivity index is 2.73. The second-order valence-corrected chi connectivity index (χ2v) is 5.70. The zero-order valence-electron chi connectivity index (χ0n) is 13.9. The van der Waals surface area contributed by atoms with Gasteiger partial charge in [0.2, 0.25) is 5.91 Å². The third-order valence-electron chi connectivity index (χ3n) is 3.28. The molecule has 0 radical (unpaired) electrons. The van der Waals surface area contributed by atoms with Crippen molar-refractivity contribution in [3.8, 4) is 0 Å².